The third-order valence-corrected chi connectivity index (χ3v) is 2.98. The Hall–Kier alpha value is -0.610. The summed E-state index contributed by atoms with van der Waals surface area (Å²) in [7, 11) is 0. The van der Waals surface area contributed by atoms with Crippen LogP contribution in [0, 0.1) is 11.8 Å². The van der Waals surface area contributed by atoms with E-state index in [1.54, 1.807) is 0 Å². The number of carbonyl (C=O) groups excluding carboxylic acids is 1. The lowest BCUT2D eigenvalue weighted by Crippen LogP contribution is -2.32. The molecule has 2 unspecified atom stereocenters. The van der Waals surface area contributed by atoms with Gasteiger partial charge in [0.1, 0.15) is 0 Å². The highest BCUT2D eigenvalue weighted by Gasteiger charge is 2.26. The largest absolute Gasteiger partial charge is 0.396 e. The van der Waals surface area contributed by atoms with Crippen LogP contribution in [-0.2, 0) is 4.79 Å². The molecule has 82 valence electrons. The van der Waals surface area contributed by atoms with E-state index in [-0.39, 0.29) is 12.5 Å². The van der Waals surface area contributed by atoms with Gasteiger partial charge in [-0.15, -0.1) is 0 Å². The maximum Gasteiger partial charge on any atom is 0.221 e. The summed E-state index contributed by atoms with van der Waals surface area (Å²) < 4.78 is 0. The zero-order valence-electron chi connectivity index (χ0n) is 8.54. The second-order valence-corrected chi connectivity index (χ2v) is 3.98. The predicted octanol–water partition coefficient (Wildman–Crippen LogP) is -0.140. The van der Waals surface area contributed by atoms with Crippen molar-refractivity contribution in [1.82, 2.24) is 5.32 Å². The molecule has 0 radical (unpaired) electrons. The number of hydrogen-bond acceptors (Lipinski definition) is 3. The quantitative estimate of drug-likeness (QED) is 0.578. The topological polar surface area (TPSA) is 75.4 Å². The lowest BCUT2D eigenvalue weighted by Gasteiger charge is -2.17. The Kier molecular flexibility index (Phi) is 4.90. The minimum Gasteiger partial charge on any atom is -0.396 e. The normalized spacial score (nSPS) is 26.4. The van der Waals surface area contributed by atoms with Gasteiger partial charge in [0, 0.05) is 26.1 Å². The summed E-state index contributed by atoms with van der Waals surface area (Å²) in [6.07, 6.45) is 3.78. The molecule has 0 aromatic carbocycles. The lowest BCUT2D eigenvalue weighted by atomic mass is 9.97. The number of aliphatic hydroxyl groups excluding tert-OH is 1. The van der Waals surface area contributed by atoms with Crippen molar-refractivity contribution in [3.63, 3.8) is 0 Å². The first-order chi connectivity index (χ1) is 6.77. The molecule has 0 aliphatic heterocycles. The Balaban J connectivity index is 2.20. The van der Waals surface area contributed by atoms with Gasteiger partial charge in [-0.3, -0.25) is 4.79 Å². The predicted molar refractivity (Wildman–Crippen MR) is 54.6 cm³/mol. The molecule has 0 spiro atoms. The smallest absolute Gasteiger partial charge is 0.221 e. The molecule has 1 rings (SSSR count). The summed E-state index contributed by atoms with van der Waals surface area (Å²) in [6, 6.07) is 0. The fourth-order valence-corrected chi connectivity index (χ4v) is 2.09. The maximum atomic E-state index is 11.1. The number of nitrogens with two attached hydrogens (primary N) is 1. The number of aliphatic hydroxyl groups is 1. The second kappa shape index (κ2) is 5.98. The van der Waals surface area contributed by atoms with Crippen LogP contribution in [0.15, 0.2) is 0 Å². The molecule has 4 nitrogen and oxygen atoms in total. The number of nitrogens with one attached hydrogen (secondary N) is 1. The molecule has 0 heterocycles. The van der Waals surface area contributed by atoms with Crippen LogP contribution >= 0.6 is 0 Å². The Morgan fingerprint density at radius 2 is 2.14 bits per heavy atom. The highest BCUT2D eigenvalue weighted by Crippen LogP contribution is 2.30. The number of rotatable bonds is 5. The van der Waals surface area contributed by atoms with Gasteiger partial charge in [0.05, 0.1) is 0 Å². The molecule has 2 atom stereocenters. The first kappa shape index (κ1) is 11.5. The van der Waals surface area contributed by atoms with Crippen LogP contribution < -0.4 is 11.1 Å². The van der Waals surface area contributed by atoms with E-state index in [1.807, 2.05) is 0 Å². The van der Waals surface area contributed by atoms with E-state index in [9.17, 15) is 4.79 Å². The van der Waals surface area contributed by atoms with Gasteiger partial charge in [-0.2, -0.15) is 0 Å². The average molecular weight is 200 g/mol. The first-order valence-corrected chi connectivity index (χ1v) is 5.35. The van der Waals surface area contributed by atoms with Crippen molar-refractivity contribution in [2.24, 2.45) is 17.6 Å². The van der Waals surface area contributed by atoms with Crippen LogP contribution in [0.4, 0.5) is 0 Å². The van der Waals surface area contributed by atoms with Crippen molar-refractivity contribution in [3.05, 3.63) is 0 Å². The Labute approximate surface area is 84.9 Å². The lowest BCUT2D eigenvalue weighted by molar-refractivity contribution is -0.121. The van der Waals surface area contributed by atoms with Gasteiger partial charge < -0.3 is 16.2 Å². The van der Waals surface area contributed by atoms with Gasteiger partial charge in [-0.1, -0.05) is 6.42 Å². The Bertz CT molecular complexity index is 185. The van der Waals surface area contributed by atoms with Crippen molar-refractivity contribution >= 4 is 5.91 Å². The first-order valence-electron chi connectivity index (χ1n) is 5.35. The van der Waals surface area contributed by atoms with Crippen molar-refractivity contribution in [3.8, 4) is 0 Å². The molecule has 1 aliphatic carbocycles. The van der Waals surface area contributed by atoms with Crippen LogP contribution in [0.3, 0.4) is 0 Å². The fraction of sp³-hybridized carbons (Fsp3) is 0.900. The highest BCUT2D eigenvalue weighted by molar-refractivity contribution is 5.75. The van der Waals surface area contributed by atoms with Crippen molar-refractivity contribution < 1.29 is 9.90 Å². The highest BCUT2D eigenvalue weighted by atomic mass is 16.3. The molecule has 0 aromatic heterocycles. The van der Waals surface area contributed by atoms with E-state index in [1.165, 1.54) is 6.42 Å². The van der Waals surface area contributed by atoms with Gasteiger partial charge >= 0.3 is 0 Å². The summed E-state index contributed by atoms with van der Waals surface area (Å²) in [5, 5.41) is 11.9. The Morgan fingerprint density at radius 1 is 1.43 bits per heavy atom. The molecular formula is C10H20N2O2. The zero-order valence-corrected chi connectivity index (χ0v) is 8.54. The molecule has 0 saturated heterocycles. The van der Waals surface area contributed by atoms with Gasteiger partial charge in [0.25, 0.3) is 0 Å². The number of hydrogen-bond donors (Lipinski definition) is 3. The molecule has 4 N–H and O–H groups in total. The molecule has 14 heavy (non-hydrogen) atoms. The molecule has 4 heteroatoms. The molecule has 1 amide bonds. The van der Waals surface area contributed by atoms with Crippen LogP contribution in [0.2, 0.25) is 0 Å². The SMILES string of the molecule is NCCC(=O)NCC1CCCC1CO. The standard InChI is InChI=1S/C10H20N2O2/c11-5-4-10(14)12-6-8-2-1-3-9(8)7-13/h8-9,13H,1-7,11H2,(H,12,14). The third-order valence-electron chi connectivity index (χ3n) is 2.98. The molecular weight excluding hydrogens is 180 g/mol. The van der Waals surface area contributed by atoms with Gasteiger partial charge in [0.15, 0.2) is 0 Å². The molecule has 0 bridgehead atoms. The van der Waals surface area contributed by atoms with Crippen molar-refractivity contribution in [2.75, 3.05) is 19.7 Å². The molecule has 1 saturated carbocycles. The summed E-state index contributed by atoms with van der Waals surface area (Å²) in [6.45, 7) is 1.35. The maximum absolute atomic E-state index is 11.1. The summed E-state index contributed by atoms with van der Waals surface area (Å²) >= 11 is 0. The number of amides is 1. The van der Waals surface area contributed by atoms with Crippen LogP contribution in [0.1, 0.15) is 25.7 Å². The van der Waals surface area contributed by atoms with E-state index >= 15 is 0 Å². The monoisotopic (exact) mass is 200 g/mol. The minimum absolute atomic E-state index is 0.0242. The van der Waals surface area contributed by atoms with Crippen LogP contribution in [0.5, 0.6) is 0 Å². The van der Waals surface area contributed by atoms with Gasteiger partial charge in [0.2, 0.25) is 5.91 Å². The summed E-state index contributed by atoms with van der Waals surface area (Å²) in [5.41, 5.74) is 5.27. The Morgan fingerprint density at radius 3 is 2.79 bits per heavy atom. The van der Waals surface area contributed by atoms with Crippen LogP contribution in [-0.4, -0.2) is 30.7 Å². The molecule has 1 aliphatic rings. The second-order valence-electron chi connectivity index (χ2n) is 3.98. The van der Waals surface area contributed by atoms with E-state index in [0.717, 1.165) is 12.8 Å². The molecule has 1 fully saturated rings. The number of carbonyl (C=O) groups is 1. The third kappa shape index (κ3) is 3.27. The zero-order chi connectivity index (χ0) is 10.4. The minimum atomic E-state index is 0.0242. The van der Waals surface area contributed by atoms with Crippen molar-refractivity contribution in [2.45, 2.75) is 25.7 Å². The van der Waals surface area contributed by atoms with E-state index in [0.29, 0.717) is 31.3 Å². The van der Waals surface area contributed by atoms with Gasteiger partial charge in [-0.05, 0) is 24.7 Å². The van der Waals surface area contributed by atoms with E-state index in [2.05, 4.69) is 5.32 Å². The fourth-order valence-electron chi connectivity index (χ4n) is 2.09. The van der Waals surface area contributed by atoms with Crippen LogP contribution in [0.25, 0.3) is 0 Å². The van der Waals surface area contributed by atoms with Gasteiger partial charge in [-0.25, -0.2) is 0 Å². The summed E-state index contributed by atoms with van der Waals surface area (Å²) in [5.74, 6) is 0.867. The van der Waals surface area contributed by atoms with Crippen molar-refractivity contribution in [1.29, 1.82) is 0 Å². The van der Waals surface area contributed by atoms with E-state index in [4.69, 9.17) is 10.8 Å². The average Bonchev–Trinajstić information content (AvgIpc) is 2.62. The molecule has 0 aromatic rings. The van der Waals surface area contributed by atoms with E-state index < -0.39 is 0 Å². The summed E-state index contributed by atoms with van der Waals surface area (Å²) in [4.78, 5) is 11.1.